The molecule has 0 aliphatic heterocycles. The maximum absolute atomic E-state index is 9.23. The summed E-state index contributed by atoms with van der Waals surface area (Å²) in [4.78, 5) is 13.1. The minimum atomic E-state index is 0.156. The third kappa shape index (κ3) is 3.35. The van der Waals surface area contributed by atoms with Crippen LogP contribution < -0.4 is 5.32 Å². The van der Waals surface area contributed by atoms with Gasteiger partial charge in [-0.1, -0.05) is 50.6 Å². The van der Waals surface area contributed by atoms with Crippen LogP contribution in [0.5, 0.6) is 0 Å². The Labute approximate surface area is 141 Å². The predicted molar refractivity (Wildman–Crippen MR) is 93.5 cm³/mol. The van der Waals surface area contributed by atoms with E-state index in [1.807, 2.05) is 28.8 Å². The first-order chi connectivity index (χ1) is 11.7. The summed E-state index contributed by atoms with van der Waals surface area (Å²) in [5.41, 5.74) is 2.54. The molecule has 122 valence electrons. The van der Waals surface area contributed by atoms with Gasteiger partial charge < -0.3 is 9.88 Å². The zero-order chi connectivity index (χ0) is 16.9. The second kappa shape index (κ2) is 7.09. The molecule has 0 saturated carbocycles. The summed E-state index contributed by atoms with van der Waals surface area (Å²) in [6.07, 6.45) is 2.83. The lowest BCUT2D eigenvalue weighted by Gasteiger charge is -2.11. The van der Waals surface area contributed by atoms with Gasteiger partial charge in [0.05, 0.1) is 12.9 Å². The molecule has 1 N–H and O–H groups in total. The molecular formula is C18H20N6. The molecule has 24 heavy (non-hydrogen) atoms. The Kier molecular flexibility index (Phi) is 4.71. The molecule has 0 radical (unpaired) electrons. The maximum atomic E-state index is 9.23. The number of hydrogen-bond acceptors (Lipinski definition) is 5. The molecule has 3 aromatic rings. The van der Waals surface area contributed by atoms with E-state index in [2.05, 4.69) is 46.2 Å². The van der Waals surface area contributed by atoms with Crippen LogP contribution in [0.2, 0.25) is 0 Å². The van der Waals surface area contributed by atoms with Gasteiger partial charge in [-0.05, 0) is 11.5 Å². The number of aromatic nitrogens is 4. The molecule has 1 aromatic carbocycles. The van der Waals surface area contributed by atoms with Gasteiger partial charge in [0, 0.05) is 6.54 Å². The van der Waals surface area contributed by atoms with Crippen molar-refractivity contribution in [2.24, 2.45) is 5.92 Å². The molecule has 0 amide bonds. The minimum absolute atomic E-state index is 0.156. The third-order valence-electron chi connectivity index (χ3n) is 4.07. The Morgan fingerprint density at radius 3 is 2.75 bits per heavy atom. The maximum Gasteiger partial charge on any atom is 0.236 e. The molecule has 0 spiro atoms. The number of benzene rings is 1. The standard InChI is InChI=1S/C18H20N6/c1-3-13(2)10-20-17-16-18(23-15(9-19)22-17)24(12-21-16)11-14-7-5-4-6-8-14/h4-8,12-13H,3,10-11H2,1-2H3,(H,20,22,23)/t13-/m1/s1. The quantitative estimate of drug-likeness (QED) is 0.754. The predicted octanol–water partition coefficient (Wildman–Crippen LogP) is 3.20. The van der Waals surface area contributed by atoms with E-state index in [-0.39, 0.29) is 5.82 Å². The summed E-state index contributed by atoms with van der Waals surface area (Å²) in [5, 5.41) is 12.5. The molecule has 0 unspecified atom stereocenters. The zero-order valence-corrected chi connectivity index (χ0v) is 13.9. The normalized spacial score (nSPS) is 12.0. The second-order valence-electron chi connectivity index (χ2n) is 5.93. The van der Waals surface area contributed by atoms with Gasteiger partial charge in [-0.3, -0.25) is 0 Å². The molecule has 6 heteroatoms. The molecule has 0 saturated heterocycles. The Hall–Kier alpha value is -2.94. The van der Waals surface area contributed by atoms with Crippen LogP contribution in [0, 0.1) is 17.2 Å². The van der Waals surface area contributed by atoms with Crippen LogP contribution in [0.1, 0.15) is 31.7 Å². The van der Waals surface area contributed by atoms with Gasteiger partial charge in [-0.2, -0.15) is 15.2 Å². The van der Waals surface area contributed by atoms with Crippen LogP contribution in [0.4, 0.5) is 5.82 Å². The van der Waals surface area contributed by atoms with Crippen molar-refractivity contribution in [1.29, 1.82) is 5.26 Å². The lowest BCUT2D eigenvalue weighted by atomic mass is 10.1. The van der Waals surface area contributed by atoms with E-state index >= 15 is 0 Å². The van der Waals surface area contributed by atoms with Crippen LogP contribution in [-0.4, -0.2) is 26.1 Å². The number of nitrogens with zero attached hydrogens (tertiary/aromatic N) is 5. The first-order valence-electron chi connectivity index (χ1n) is 8.12. The van der Waals surface area contributed by atoms with E-state index in [1.54, 1.807) is 6.33 Å². The first-order valence-corrected chi connectivity index (χ1v) is 8.12. The monoisotopic (exact) mass is 320 g/mol. The molecule has 0 fully saturated rings. The topological polar surface area (TPSA) is 79.4 Å². The van der Waals surface area contributed by atoms with Gasteiger partial charge in [0.1, 0.15) is 6.07 Å². The Bertz CT molecular complexity index is 862. The highest BCUT2D eigenvalue weighted by Gasteiger charge is 2.14. The molecule has 3 rings (SSSR count). The van der Waals surface area contributed by atoms with Crippen LogP contribution in [0.15, 0.2) is 36.7 Å². The van der Waals surface area contributed by atoms with Gasteiger partial charge in [0.15, 0.2) is 17.0 Å². The Morgan fingerprint density at radius 2 is 2.04 bits per heavy atom. The minimum Gasteiger partial charge on any atom is -0.368 e. The molecule has 2 heterocycles. The van der Waals surface area contributed by atoms with Crippen molar-refractivity contribution >= 4 is 17.0 Å². The summed E-state index contributed by atoms with van der Waals surface area (Å²) in [6.45, 7) is 5.77. The smallest absolute Gasteiger partial charge is 0.236 e. The zero-order valence-electron chi connectivity index (χ0n) is 13.9. The summed E-state index contributed by atoms with van der Waals surface area (Å²) in [7, 11) is 0. The van der Waals surface area contributed by atoms with E-state index in [9.17, 15) is 5.26 Å². The number of hydrogen-bond donors (Lipinski definition) is 1. The lowest BCUT2D eigenvalue weighted by molar-refractivity contribution is 0.592. The lowest BCUT2D eigenvalue weighted by Crippen LogP contribution is -2.12. The van der Waals surface area contributed by atoms with Gasteiger partial charge in [0.25, 0.3) is 0 Å². The number of nitriles is 1. The fourth-order valence-electron chi connectivity index (χ4n) is 2.43. The van der Waals surface area contributed by atoms with E-state index in [0.29, 0.717) is 29.4 Å². The average molecular weight is 320 g/mol. The molecule has 2 aromatic heterocycles. The Balaban J connectivity index is 1.97. The highest BCUT2D eigenvalue weighted by Crippen LogP contribution is 2.20. The molecular weight excluding hydrogens is 300 g/mol. The number of fused-ring (bicyclic) bond motifs is 1. The molecule has 6 nitrogen and oxygen atoms in total. The van der Waals surface area contributed by atoms with Crippen molar-refractivity contribution in [2.75, 3.05) is 11.9 Å². The summed E-state index contributed by atoms with van der Waals surface area (Å²) < 4.78 is 1.95. The van der Waals surface area contributed by atoms with Crippen LogP contribution in [-0.2, 0) is 6.54 Å². The highest BCUT2D eigenvalue weighted by atomic mass is 15.2. The molecule has 1 atom stereocenters. The fourth-order valence-corrected chi connectivity index (χ4v) is 2.43. The second-order valence-corrected chi connectivity index (χ2v) is 5.93. The molecule has 0 aliphatic carbocycles. The van der Waals surface area contributed by atoms with E-state index in [1.165, 1.54) is 0 Å². The van der Waals surface area contributed by atoms with Crippen molar-refractivity contribution < 1.29 is 0 Å². The van der Waals surface area contributed by atoms with Gasteiger partial charge in [0.2, 0.25) is 5.82 Å². The third-order valence-corrected chi connectivity index (χ3v) is 4.07. The summed E-state index contributed by atoms with van der Waals surface area (Å²) in [5.74, 6) is 1.31. The van der Waals surface area contributed by atoms with Crippen molar-refractivity contribution in [1.82, 2.24) is 19.5 Å². The average Bonchev–Trinajstić information content (AvgIpc) is 3.03. The first kappa shape index (κ1) is 15.9. The molecule has 0 aliphatic rings. The SMILES string of the molecule is CC[C@@H](C)CNc1nc(C#N)nc2c1ncn2Cc1ccccc1. The van der Waals surface area contributed by atoms with Gasteiger partial charge in [-0.15, -0.1) is 0 Å². The number of imidazole rings is 1. The van der Waals surface area contributed by atoms with Crippen LogP contribution in [0.3, 0.4) is 0 Å². The van der Waals surface area contributed by atoms with E-state index < -0.39 is 0 Å². The van der Waals surface area contributed by atoms with Crippen molar-refractivity contribution in [2.45, 2.75) is 26.8 Å². The van der Waals surface area contributed by atoms with Gasteiger partial charge >= 0.3 is 0 Å². The number of anilines is 1. The van der Waals surface area contributed by atoms with E-state index in [4.69, 9.17) is 0 Å². The highest BCUT2D eigenvalue weighted by molar-refractivity contribution is 5.83. The van der Waals surface area contributed by atoms with Crippen molar-refractivity contribution in [3.05, 3.63) is 48.0 Å². The largest absolute Gasteiger partial charge is 0.368 e. The van der Waals surface area contributed by atoms with Crippen molar-refractivity contribution in [3.8, 4) is 6.07 Å². The Morgan fingerprint density at radius 1 is 1.25 bits per heavy atom. The number of nitrogens with one attached hydrogen (secondary N) is 1. The van der Waals surface area contributed by atoms with Crippen LogP contribution >= 0.6 is 0 Å². The number of rotatable bonds is 6. The van der Waals surface area contributed by atoms with Crippen molar-refractivity contribution in [3.63, 3.8) is 0 Å². The van der Waals surface area contributed by atoms with Gasteiger partial charge in [-0.25, -0.2) is 4.98 Å². The summed E-state index contributed by atoms with van der Waals surface area (Å²) >= 11 is 0. The molecule has 0 bridgehead atoms. The fraction of sp³-hybridized carbons (Fsp3) is 0.333. The summed E-state index contributed by atoms with van der Waals surface area (Å²) in [6, 6.07) is 12.1. The van der Waals surface area contributed by atoms with Crippen LogP contribution in [0.25, 0.3) is 11.2 Å². The van der Waals surface area contributed by atoms with E-state index in [0.717, 1.165) is 18.5 Å².